The first-order chi connectivity index (χ1) is 13.4. The summed E-state index contributed by atoms with van der Waals surface area (Å²) in [5.41, 5.74) is 3.39. The third-order valence-electron chi connectivity index (χ3n) is 4.28. The summed E-state index contributed by atoms with van der Waals surface area (Å²) in [6, 6.07) is 17.7. The smallest absolute Gasteiger partial charge is 0.338 e. The molecule has 0 unspecified atom stereocenters. The monoisotopic (exact) mass is 414 g/mol. The van der Waals surface area contributed by atoms with Crippen LogP contribution in [0.15, 0.2) is 60.7 Å². The normalized spacial score (nSPS) is 10.4. The molecule has 0 spiro atoms. The summed E-state index contributed by atoms with van der Waals surface area (Å²) in [5, 5.41) is 1.19. The SMILES string of the molecule is COC(=O)c1cc(-c2ccc(Cl)cc2)c(-c2ccc(Cl)cc2)cc1C(=O)OC. The average Bonchev–Trinajstić information content (AvgIpc) is 2.73. The van der Waals surface area contributed by atoms with E-state index in [-0.39, 0.29) is 11.1 Å². The lowest BCUT2D eigenvalue weighted by atomic mass is 9.90. The van der Waals surface area contributed by atoms with E-state index in [1.807, 2.05) is 24.3 Å². The van der Waals surface area contributed by atoms with Crippen molar-refractivity contribution in [3.05, 3.63) is 81.8 Å². The molecule has 0 amide bonds. The van der Waals surface area contributed by atoms with Gasteiger partial charge in [-0.25, -0.2) is 9.59 Å². The molecule has 142 valence electrons. The Morgan fingerprint density at radius 3 is 1.25 bits per heavy atom. The topological polar surface area (TPSA) is 52.6 Å². The molecule has 0 aliphatic carbocycles. The maximum Gasteiger partial charge on any atom is 0.338 e. The van der Waals surface area contributed by atoms with E-state index in [1.165, 1.54) is 14.2 Å². The Morgan fingerprint density at radius 2 is 0.964 bits per heavy atom. The van der Waals surface area contributed by atoms with Crippen LogP contribution in [0.25, 0.3) is 22.3 Å². The minimum Gasteiger partial charge on any atom is -0.465 e. The van der Waals surface area contributed by atoms with Gasteiger partial charge in [0.05, 0.1) is 25.3 Å². The molecule has 4 nitrogen and oxygen atoms in total. The largest absolute Gasteiger partial charge is 0.465 e. The predicted molar refractivity (Wildman–Crippen MR) is 110 cm³/mol. The summed E-state index contributed by atoms with van der Waals surface area (Å²) in [6.45, 7) is 0. The van der Waals surface area contributed by atoms with Crippen molar-refractivity contribution >= 4 is 35.1 Å². The van der Waals surface area contributed by atoms with Crippen LogP contribution in [0.4, 0.5) is 0 Å². The fourth-order valence-corrected chi connectivity index (χ4v) is 3.15. The highest BCUT2D eigenvalue weighted by molar-refractivity contribution is 6.31. The van der Waals surface area contributed by atoms with Crippen molar-refractivity contribution in [1.29, 1.82) is 0 Å². The first-order valence-electron chi connectivity index (χ1n) is 8.31. The lowest BCUT2D eigenvalue weighted by molar-refractivity contribution is 0.0555. The maximum absolute atomic E-state index is 12.3. The van der Waals surface area contributed by atoms with Crippen LogP contribution in [-0.4, -0.2) is 26.2 Å². The zero-order chi connectivity index (χ0) is 20.3. The summed E-state index contributed by atoms with van der Waals surface area (Å²) in [5.74, 6) is -1.25. The molecule has 28 heavy (non-hydrogen) atoms. The van der Waals surface area contributed by atoms with Crippen LogP contribution in [0.1, 0.15) is 20.7 Å². The van der Waals surface area contributed by atoms with E-state index in [2.05, 4.69) is 0 Å². The number of methoxy groups -OCH3 is 2. The van der Waals surface area contributed by atoms with Crippen LogP contribution in [0.2, 0.25) is 10.0 Å². The minimum atomic E-state index is -0.627. The fraction of sp³-hybridized carbons (Fsp3) is 0.0909. The standard InChI is InChI=1S/C22H16Cl2O4/c1-27-21(25)19-11-17(13-3-7-15(23)8-4-13)18(12-20(19)22(26)28-2)14-5-9-16(24)10-6-14/h3-12H,1-2H3. The number of carbonyl (C=O) groups is 2. The molecule has 0 bridgehead atoms. The van der Waals surface area contributed by atoms with Gasteiger partial charge < -0.3 is 9.47 Å². The Kier molecular flexibility index (Phi) is 6.02. The second-order valence-electron chi connectivity index (χ2n) is 5.94. The highest BCUT2D eigenvalue weighted by Gasteiger charge is 2.22. The summed E-state index contributed by atoms with van der Waals surface area (Å²) >= 11 is 12.0. The molecular formula is C22H16Cl2O4. The molecule has 0 saturated carbocycles. The second-order valence-corrected chi connectivity index (χ2v) is 6.81. The van der Waals surface area contributed by atoms with Gasteiger partial charge in [-0.15, -0.1) is 0 Å². The van der Waals surface area contributed by atoms with Crippen molar-refractivity contribution < 1.29 is 19.1 Å². The number of carbonyl (C=O) groups excluding carboxylic acids is 2. The van der Waals surface area contributed by atoms with Gasteiger partial charge in [-0.2, -0.15) is 0 Å². The molecule has 0 N–H and O–H groups in total. The number of hydrogen-bond donors (Lipinski definition) is 0. The number of halogens is 2. The first kappa shape index (κ1) is 19.9. The summed E-state index contributed by atoms with van der Waals surface area (Å²) in [4.78, 5) is 24.6. The Labute approximate surface area is 172 Å². The van der Waals surface area contributed by atoms with Gasteiger partial charge in [0.1, 0.15) is 0 Å². The van der Waals surface area contributed by atoms with Gasteiger partial charge in [0.15, 0.2) is 0 Å². The molecule has 0 fully saturated rings. The molecule has 3 rings (SSSR count). The van der Waals surface area contributed by atoms with Crippen molar-refractivity contribution in [2.45, 2.75) is 0 Å². The molecule has 0 heterocycles. The molecule has 0 radical (unpaired) electrons. The number of benzene rings is 3. The maximum atomic E-state index is 12.3. The van der Waals surface area contributed by atoms with Crippen molar-refractivity contribution in [2.75, 3.05) is 14.2 Å². The molecule has 0 saturated heterocycles. The van der Waals surface area contributed by atoms with E-state index in [0.717, 1.165) is 22.3 Å². The third-order valence-corrected chi connectivity index (χ3v) is 4.78. The fourth-order valence-electron chi connectivity index (χ4n) is 2.89. The highest BCUT2D eigenvalue weighted by atomic mass is 35.5. The van der Waals surface area contributed by atoms with E-state index in [9.17, 15) is 9.59 Å². The van der Waals surface area contributed by atoms with E-state index in [0.29, 0.717) is 10.0 Å². The first-order valence-corrected chi connectivity index (χ1v) is 9.06. The van der Waals surface area contributed by atoms with Gasteiger partial charge in [-0.1, -0.05) is 47.5 Å². The van der Waals surface area contributed by atoms with Crippen LogP contribution >= 0.6 is 23.2 Å². The Bertz CT molecular complexity index is 941. The van der Waals surface area contributed by atoms with Gasteiger partial charge in [-0.3, -0.25) is 0 Å². The third kappa shape index (κ3) is 4.03. The van der Waals surface area contributed by atoms with Gasteiger partial charge in [0.25, 0.3) is 0 Å². The predicted octanol–water partition coefficient (Wildman–Crippen LogP) is 5.90. The van der Waals surface area contributed by atoms with E-state index in [4.69, 9.17) is 32.7 Å². The highest BCUT2D eigenvalue weighted by Crippen LogP contribution is 2.36. The summed E-state index contributed by atoms with van der Waals surface area (Å²) in [7, 11) is 2.52. The number of hydrogen-bond acceptors (Lipinski definition) is 4. The zero-order valence-corrected chi connectivity index (χ0v) is 16.7. The number of rotatable bonds is 4. The Morgan fingerprint density at radius 1 is 0.643 bits per heavy atom. The second kappa shape index (κ2) is 8.46. The Balaban J connectivity index is 2.33. The molecule has 3 aromatic carbocycles. The molecule has 0 aromatic heterocycles. The molecule has 0 atom stereocenters. The minimum absolute atomic E-state index is 0.122. The molecule has 6 heteroatoms. The molecule has 0 aliphatic rings. The quantitative estimate of drug-likeness (QED) is 0.498. The van der Waals surface area contributed by atoms with Gasteiger partial charge >= 0.3 is 11.9 Å². The lowest BCUT2D eigenvalue weighted by Gasteiger charge is -2.15. The average molecular weight is 415 g/mol. The number of ether oxygens (including phenoxy) is 2. The van der Waals surface area contributed by atoms with Gasteiger partial charge in [-0.05, 0) is 58.7 Å². The summed E-state index contributed by atoms with van der Waals surface area (Å²) in [6.07, 6.45) is 0. The van der Waals surface area contributed by atoms with Gasteiger partial charge in [0, 0.05) is 10.0 Å². The Hall–Kier alpha value is -2.82. The summed E-state index contributed by atoms with van der Waals surface area (Å²) < 4.78 is 9.72. The van der Waals surface area contributed by atoms with Crippen LogP contribution in [0.5, 0.6) is 0 Å². The zero-order valence-electron chi connectivity index (χ0n) is 15.2. The van der Waals surface area contributed by atoms with E-state index in [1.54, 1.807) is 36.4 Å². The van der Waals surface area contributed by atoms with Gasteiger partial charge in [0.2, 0.25) is 0 Å². The number of esters is 2. The van der Waals surface area contributed by atoms with Crippen molar-refractivity contribution in [2.24, 2.45) is 0 Å². The van der Waals surface area contributed by atoms with Crippen molar-refractivity contribution in [3.63, 3.8) is 0 Å². The van der Waals surface area contributed by atoms with Crippen LogP contribution in [0.3, 0.4) is 0 Å². The van der Waals surface area contributed by atoms with Crippen LogP contribution in [0, 0.1) is 0 Å². The molecule has 0 aliphatic heterocycles. The van der Waals surface area contributed by atoms with Crippen LogP contribution < -0.4 is 0 Å². The molecular weight excluding hydrogens is 399 g/mol. The molecule has 3 aromatic rings. The lowest BCUT2D eigenvalue weighted by Crippen LogP contribution is -2.12. The van der Waals surface area contributed by atoms with Crippen molar-refractivity contribution in [3.8, 4) is 22.3 Å². The van der Waals surface area contributed by atoms with Crippen molar-refractivity contribution in [1.82, 2.24) is 0 Å². The van der Waals surface area contributed by atoms with E-state index < -0.39 is 11.9 Å². The van der Waals surface area contributed by atoms with Crippen LogP contribution in [-0.2, 0) is 9.47 Å². The van der Waals surface area contributed by atoms with E-state index >= 15 is 0 Å².